The zero-order chi connectivity index (χ0) is 19.8. The summed E-state index contributed by atoms with van der Waals surface area (Å²) in [6, 6.07) is 5.51. The molecule has 0 aromatic heterocycles. The zero-order valence-corrected chi connectivity index (χ0v) is 16.9. The first-order valence-electron chi connectivity index (χ1n) is 8.75. The number of thiocarbonyl (C=S) groups is 1. The van der Waals surface area contributed by atoms with Crippen LogP contribution < -0.4 is 5.32 Å². The van der Waals surface area contributed by atoms with Gasteiger partial charge in [0.1, 0.15) is 0 Å². The molecule has 0 saturated heterocycles. The third-order valence-electron chi connectivity index (χ3n) is 6.67. The first-order valence-corrected chi connectivity index (χ1v) is 9.54. The van der Waals surface area contributed by atoms with E-state index in [1.165, 1.54) is 0 Å². The van der Waals surface area contributed by atoms with Gasteiger partial charge in [0.25, 0.3) is 0 Å². The molecular weight excluding hydrogens is 380 g/mol. The summed E-state index contributed by atoms with van der Waals surface area (Å²) in [4.78, 5) is 31.4. The number of benzene rings is 1. The number of hydrogen-bond donors (Lipinski definition) is 1. The predicted octanol–water partition coefficient (Wildman–Crippen LogP) is 4.57. The van der Waals surface area contributed by atoms with Gasteiger partial charge in [-0.2, -0.15) is 0 Å². The number of carbonyl (C=O) groups is 2. The molecule has 0 radical (unpaired) electrons. The minimum absolute atomic E-state index is 0.117. The Kier molecular flexibility index (Phi) is 3.71. The number of aliphatic imine (C=N–C) groups is 1. The highest BCUT2D eigenvalue weighted by atomic mass is 35.5. The summed E-state index contributed by atoms with van der Waals surface area (Å²) in [7, 11) is 0. The Hall–Kier alpha value is -2.07. The third kappa shape index (κ3) is 1.90. The van der Waals surface area contributed by atoms with E-state index in [9.17, 15) is 9.59 Å². The molecule has 6 heteroatoms. The maximum atomic E-state index is 14.0. The van der Waals surface area contributed by atoms with E-state index < -0.39 is 28.2 Å². The third-order valence-corrected chi connectivity index (χ3v) is 7.28. The minimum atomic E-state index is -1.41. The maximum Gasteiger partial charge on any atom is 0.232 e. The first kappa shape index (κ1) is 18.3. The molecular formula is C21H19ClN2O2S. The topological polar surface area (TPSA) is 58.5 Å². The van der Waals surface area contributed by atoms with Gasteiger partial charge >= 0.3 is 0 Å². The summed E-state index contributed by atoms with van der Waals surface area (Å²) in [5.41, 5.74) is -0.947. The number of Topliss-reactive ketones (excluding diaryl/α,β-unsaturated/α-hetero) is 1. The lowest BCUT2D eigenvalue weighted by Crippen LogP contribution is -2.54. The molecule has 4 rings (SSSR count). The van der Waals surface area contributed by atoms with E-state index in [1.54, 1.807) is 12.2 Å². The van der Waals surface area contributed by atoms with Crippen molar-refractivity contribution < 1.29 is 9.59 Å². The van der Waals surface area contributed by atoms with E-state index in [4.69, 9.17) is 23.8 Å². The number of nitrogens with one attached hydrogen (secondary N) is 1. The van der Waals surface area contributed by atoms with Gasteiger partial charge in [0, 0.05) is 16.6 Å². The first-order chi connectivity index (χ1) is 12.7. The molecule has 27 heavy (non-hydrogen) atoms. The molecule has 1 amide bonds. The van der Waals surface area contributed by atoms with Crippen molar-refractivity contribution in [1.29, 1.82) is 0 Å². The second-order valence-corrected chi connectivity index (χ2v) is 8.78. The summed E-state index contributed by atoms with van der Waals surface area (Å²) in [5, 5.41) is 5.87. The second-order valence-electron chi connectivity index (χ2n) is 8.19. The molecule has 2 bridgehead atoms. The van der Waals surface area contributed by atoms with Crippen molar-refractivity contribution in [2.45, 2.75) is 32.2 Å². The lowest BCUT2D eigenvalue weighted by molar-refractivity contribution is -0.134. The normalized spacial score (nSPS) is 35.3. The molecule has 2 aliphatic carbocycles. The number of carbonyl (C=O) groups excluding carboxylic acids is 2. The van der Waals surface area contributed by atoms with Crippen LogP contribution in [0.3, 0.4) is 0 Å². The Labute approximate surface area is 168 Å². The van der Waals surface area contributed by atoms with E-state index >= 15 is 0 Å². The van der Waals surface area contributed by atoms with E-state index in [1.807, 2.05) is 39.0 Å². The number of halogens is 1. The number of ketones is 1. The number of hydrogen-bond acceptors (Lipinski definition) is 4. The molecule has 1 aliphatic heterocycles. The van der Waals surface area contributed by atoms with Gasteiger partial charge in [0.05, 0.1) is 16.5 Å². The van der Waals surface area contributed by atoms with Gasteiger partial charge in [0.15, 0.2) is 11.3 Å². The molecule has 1 N–H and O–H groups in total. The van der Waals surface area contributed by atoms with Crippen molar-refractivity contribution in [3.63, 3.8) is 0 Å². The molecule has 4 atom stereocenters. The Morgan fingerprint density at radius 3 is 2.67 bits per heavy atom. The van der Waals surface area contributed by atoms with Crippen molar-refractivity contribution in [3.05, 3.63) is 53.1 Å². The molecule has 3 aliphatic rings. The fourth-order valence-electron chi connectivity index (χ4n) is 5.09. The number of allylic oxidation sites excluding steroid dienone is 1. The van der Waals surface area contributed by atoms with Gasteiger partial charge in [0.2, 0.25) is 5.91 Å². The zero-order valence-electron chi connectivity index (χ0n) is 15.3. The van der Waals surface area contributed by atoms with E-state index in [-0.39, 0.29) is 11.7 Å². The number of fused-ring (bicyclic) bond motifs is 3. The Morgan fingerprint density at radius 2 is 2.04 bits per heavy atom. The molecule has 0 saturated carbocycles. The van der Waals surface area contributed by atoms with Crippen molar-refractivity contribution in [1.82, 2.24) is 0 Å². The Balaban J connectivity index is 2.27. The molecule has 0 spiro atoms. The van der Waals surface area contributed by atoms with Crippen molar-refractivity contribution in [2.24, 2.45) is 21.7 Å². The summed E-state index contributed by atoms with van der Waals surface area (Å²) < 4.78 is 0. The van der Waals surface area contributed by atoms with Gasteiger partial charge in [-0.05, 0) is 41.7 Å². The number of nitrogens with zero attached hydrogens (tertiary/aromatic N) is 1. The highest BCUT2D eigenvalue weighted by molar-refractivity contribution is 7.78. The van der Waals surface area contributed by atoms with Crippen molar-refractivity contribution in [2.75, 3.05) is 5.32 Å². The molecule has 0 unspecified atom stereocenters. The molecule has 1 heterocycles. The van der Waals surface area contributed by atoms with E-state index in [2.05, 4.69) is 22.0 Å². The van der Waals surface area contributed by atoms with Crippen molar-refractivity contribution >= 4 is 46.4 Å². The van der Waals surface area contributed by atoms with Crippen LogP contribution in [0.5, 0.6) is 0 Å². The highest BCUT2D eigenvalue weighted by Crippen LogP contribution is 2.64. The fraction of sp³-hybridized carbons (Fsp3) is 0.381. The van der Waals surface area contributed by atoms with Crippen LogP contribution in [0.2, 0.25) is 0 Å². The Bertz CT molecular complexity index is 1010. The van der Waals surface area contributed by atoms with Crippen molar-refractivity contribution in [3.8, 4) is 0 Å². The number of amides is 1. The average molecular weight is 399 g/mol. The van der Waals surface area contributed by atoms with E-state index in [0.29, 0.717) is 16.3 Å². The van der Waals surface area contributed by atoms with Crippen LogP contribution in [0.4, 0.5) is 5.69 Å². The molecule has 138 valence electrons. The summed E-state index contributed by atoms with van der Waals surface area (Å²) in [6.07, 6.45) is 3.41. The Morgan fingerprint density at radius 1 is 1.33 bits per heavy atom. The van der Waals surface area contributed by atoms with Gasteiger partial charge in [-0.15, -0.1) is 6.58 Å². The van der Waals surface area contributed by atoms with Crippen LogP contribution in [-0.4, -0.2) is 16.9 Å². The molecule has 0 fully saturated rings. The van der Waals surface area contributed by atoms with Crippen LogP contribution in [0, 0.1) is 16.7 Å². The molecule has 1 aromatic carbocycles. The monoisotopic (exact) mass is 398 g/mol. The highest BCUT2D eigenvalue weighted by Gasteiger charge is 2.67. The second kappa shape index (κ2) is 5.48. The number of isothiocyanates is 1. The van der Waals surface area contributed by atoms with Crippen LogP contribution in [0.1, 0.15) is 37.8 Å². The van der Waals surface area contributed by atoms with Gasteiger partial charge < -0.3 is 5.32 Å². The molecule has 4 nitrogen and oxygen atoms in total. The van der Waals surface area contributed by atoms with Gasteiger partial charge in [-0.25, -0.2) is 4.99 Å². The minimum Gasteiger partial charge on any atom is -0.325 e. The molecule has 1 aromatic rings. The summed E-state index contributed by atoms with van der Waals surface area (Å²) in [6.45, 7) is 9.64. The average Bonchev–Trinajstić information content (AvgIpc) is 2.95. The smallest absolute Gasteiger partial charge is 0.232 e. The van der Waals surface area contributed by atoms with Gasteiger partial charge in [-0.3, -0.25) is 9.59 Å². The lowest BCUT2D eigenvalue weighted by atomic mass is 9.57. The van der Waals surface area contributed by atoms with Crippen LogP contribution in [-0.2, 0) is 15.1 Å². The maximum absolute atomic E-state index is 14.0. The largest absolute Gasteiger partial charge is 0.325 e. The number of rotatable bonds is 2. The SMILES string of the molecule is C=C[C@]1(C)C(Cl)=C[C@H]2C(=O)[C@@]1(N=C=S)c1cccc3c1[C@H](C(=O)N3)C2(C)C. The predicted molar refractivity (Wildman–Crippen MR) is 109 cm³/mol. The standard InChI is InChI=1S/C21H19ClN2O2S/c1-5-20(4)14(22)9-12-17(25)21(20,23-10-27)11-7-6-8-13-15(11)16(18(26)24-13)19(12,2)3/h5-9,12,16H,1H2,2-4H3,(H,24,26)/t12-,16+,20+,21-/m0/s1. The van der Waals surface area contributed by atoms with Gasteiger partial charge in [-0.1, -0.05) is 49.7 Å². The van der Waals surface area contributed by atoms with Crippen LogP contribution >= 0.6 is 23.8 Å². The summed E-state index contributed by atoms with van der Waals surface area (Å²) >= 11 is 11.7. The summed E-state index contributed by atoms with van der Waals surface area (Å²) in [5.74, 6) is -1.34. The number of anilines is 1. The fourth-order valence-corrected chi connectivity index (χ4v) is 5.56. The van der Waals surface area contributed by atoms with Crippen LogP contribution in [0.25, 0.3) is 0 Å². The quantitative estimate of drug-likeness (QED) is 0.451. The van der Waals surface area contributed by atoms with E-state index in [0.717, 1.165) is 5.56 Å². The van der Waals surface area contributed by atoms with Crippen LogP contribution in [0.15, 0.2) is 47.0 Å². The lowest BCUT2D eigenvalue weighted by Gasteiger charge is -2.48.